The number of aromatic nitrogens is 1. The second-order valence-electron chi connectivity index (χ2n) is 5.29. The van der Waals surface area contributed by atoms with E-state index >= 15 is 0 Å². The van der Waals surface area contributed by atoms with Crippen molar-refractivity contribution in [2.75, 3.05) is 31.1 Å². The number of nitrogens with zero attached hydrogens (tertiary/aromatic N) is 2. The number of hydrogen-bond donors (Lipinski definition) is 1. The van der Waals surface area contributed by atoms with Crippen LogP contribution in [-0.4, -0.2) is 31.2 Å². The van der Waals surface area contributed by atoms with Crippen molar-refractivity contribution in [3.8, 4) is 0 Å². The van der Waals surface area contributed by atoms with Gasteiger partial charge in [-0.25, -0.2) is 4.98 Å². The Morgan fingerprint density at radius 2 is 2.05 bits per heavy atom. The van der Waals surface area contributed by atoms with Crippen molar-refractivity contribution < 1.29 is 13.2 Å². The minimum atomic E-state index is -4.34. The van der Waals surface area contributed by atoms with Crippen LogP contribution in [0.5, 0.6) is 0 Å². The fraction of sp³-hybridized carbons (Fsp3) is 0.615. The molecule has 3 heterocycles. The molecular weight excluding hydrogens is 255 g/mol. The van der Waals surface area contributed by atoms with Crippen molar-refractivity contribution >= 4 is 5.82 Å². The number of halogens is 3. The average molecular weight is 271 g/mol. The fourth-order valence-corrected chi connectivity index (χ4v) is 3.10. The van der Waals surface area contributed by atoms with Gasteiger partial charge in [0.05, 0.1) is 5.56 Å². The maximum Gasteiger partial charge on any atom is 0.419 e. The first kappa shape index (κ1) is 12.7. The number of pyridine rings is 1. The molecule has 2 fully saturated rings. The SMILES string of the molecule is FC(F)(F)c1cccnc1N1CCC2CNCC2C1. The van der Waals surface area contributed by atoms with Crippen LogP contribution in [0.15, 0.2) is 18.3 Å². The second kappa shape index (κ2) is 4.67. The van der Waals surface area contributed by atoms with Crippen LogP contribution in [0, 0.1) is 11.8 Å². The van der Waals surface area contributed by atoms with Gasteiger partial charge >= 0.3 is 6.18 Å². The molecule has 0 saturated carbocycles. The van der Waals surface area contributed by atoms with Gasteiger partial charge in [-0.05, 0) is 43.5 Å². The van der Waals surface area contributed by atoms with E-state index in [1.54, 1.807) is 4.90 Å². The predicted octanol–water partition coefficient (Wildman–Crippen LogP) is 2.15. The van der Waals surface area contributed by atoms with Gasteiger partial charge in [0, 0.05) is 19.3 Å². The van der Waals surface area contributed by atoms with Crippen LogP contribution in [0.1, 0.15) is 12.0 Å². The molecule has 0 aromatic carbocycles. The standard InChI is InChI=1S/C13H16F3N3/c14-13(15,16)11-2-1-4-18-12(11)19-5-3-9-6-17-7-10(9)8-19/h1-2,4,9-10,17H,3,5-8H2. The van der Waals surface area contributed by atoms with E-state index in [0.717, 1.165) is 25.6 Å². The summed E-state index contributed by atoms with van der Waals surface area (Å²) in [5, 5.41) is 3.31. The lowest BCUT2D eigenvalue weighted by Gasteiger charge is -2.36. The Morgan fingerprint density at radius 1 is 1.26 bits per heavy atom. The highest BCUT2D eigenvalue weighted by molar-refractivity contribution is 5.49. The zero-order valence-electron chi connectivity index (χ0n) is 10.5. The van der Waals surface area contributed by atoms with Crippen LogP contribution in [0.4, 0.5) is 19.0 Å². The Bertz CT molecular complexity index is 461. The minimum Gasteiger partial charge on any atom is -0.356 e. The molecule has 2 unspecified atom stereocenters. The van der Waals surface area contributed by atoms with Gasteiger partial charge in [0.15, 0.2) is 0 Å². The summed E-state index contributed by atoms with van der Waals surface area (Å²) in [6, 6.07) is 2.46. The molecule has 3 rings (SSSR count). The van der Waals surface area contributed by atoms with E-state index in [-0.39, 0.29) is 5.82 Å². The number of piperidine rings is 1. The molecule has 2 atom stereocenters. The van der Waals surface area contributed by atoms with Gasteiger partial charge in [-0.15, -0.1) is 0 Å². The lowest BCUT2D eigenvalue weighted by Crippen LogP contribution is -2.41. The van der Waals surface area contributed by atoms with Crippen LogP contribution in [-0.2, 0) is 6.18 Å². The third kappa shape index (κ3) is 2.41. The van der Waals surface area contributed by atoms with Crippen LogP contribution in [0.3, 0.4) is 0 Å². The number of alkyl halides is 3. The smallest absolute Gasteiger partial charge is 0.356 e. The summed E-state index contributed by atoms with van der Waals surface area (Å²) in [6.07, 6.45) is -1.97. The lowest BCUT2D eigenvalue weighted by molar-refractivity contribution is -0.137. The first-order valence-electron chi connectivity index (χ1n) is 6.53. The van der Waals surface area contributed by atoms with Gasteiger partial charge in [0.1, 0.15) is 5.82 Å². The minimum absolute atomic E-state index is 0.0837. The monoisotopic (exact) mass is 271 g/mol. The van der Waals surface area contributed by atoms with Crippen molar-refractivity contribution in [3.63, 3.8) is 0 Å². The number of nitrogens with one attached hydrogen (secondary N) is 1. The van der Waals surface area contributed by atoms with E-state index in [2.05, 4.69) is 10.3 Å². The van der Waals surface area contributed by atoms with Gasteiger partial charge in [0.25, 0.3) is 0 Å². The van der Waals surface area contributed by atoms with E-state index in [0.29, 0.717) is 24.9 Å². The Hall–Kier alpha value is -1.30. The van der Waals surface area contributed by atoms with Gasteiger partial charge in [0.2, 0.25) is 0 Å². The second-order valence-corrected chi connectivity index (χ2v) is 5.29. The summed E-state index contributed by atoms with van der Waals surface area (Å²) in [4.78, 5) is 5.76. The molecule has 0 aliphatic carbocycles. The molecule has 1 aromatic heterocycles. The molecule has 1 aromatic rings. The van der Waals surface area contributed by atoms with Gasteiger partial charge < -0.3 is 10.2 Å². The van der Waals surface area contributed by atoms with Crippen molar-refractivity contribution in [2.24, 2.45) is 11.8 Å². The highest BCUT2D eigenvalue weighted by Crippen LogP contribution is 2.37. The molecule has 0 radical (unpaired) electrons. The fourth-order valence-electron chi connectivity index (χ4n) is 3.10. The Kier molecular flexibility index (Phi) is 3.12. The van der Waals surface area contributed by atoms with E-state index in [1.807, 2.05) is 0 Å². The molecule has 19 heavy (non-hydrogen) atoms. The first-order chi connectivity index (χ1) is 9.05. The Balaban J connectivity index is 1.86. The van der Waals surface area contributed by atoms with E-state index in [9.17, 15) is 13.2 Å². The normalized spacial score (nSPS) is 27.4. The molecule has 0 amide bonds. The predicted molar refractivity (Wildman–Crippen MR) is 65.9 cm³/mol. The topological polar surface area (TPSA) is 28.2 Å². The number of hydrogen-bond acceptors (Lipinski definition) is 3. The quantitative estimate of drug-likeness (QED) is 0.848. The maximum absolute atomic E-state index is 13.0. The Morgan fingerprint density at radius 3 is 2.84 bits per heavy atom. The summed E-state index contributed by atoms with van der Waals surface area (Å²) >= 11 is 0. The Labute approximate surface area is 109 Å². The van der Waals surface area contributed by atoms with E-state index < -0.39 is 11.7 Å². The van der Waals surface area contributed by atoms with Crippen molar-refractivity contribution in [3.05, 3.63) is 23.9 Å². The highest BCUT2D eigenvalue weighted by atomic mass is 19.4. The molecule has 3 nitrogen and oxygen atoms in total. The van der Waals surface area contributed by atoms with Crippen LogP contribution in [0.2, 0.25) is 0 Å². The lowest BCUT2D eigenvalue weighted by atomic mass is 9.88. The third-order valence-corrected chi connectivity index (χ3v) is 4.10. The van der Waals surface area contributed by atoms with Crippen LogP contribution >= 0.6 is 0 Å². The van der Waals surface area contributed by atoms with Crippen LogP contribution in [0.25, 0.3) is 0 Å². The molecule has 0 spiro atoms. The zero-order chi connectivity index (χ0) is 13.5. The highest BCUT2D eigenvalue weighted by Gasteiger charge is 2.39. The molecule has 2 aliphatic heterocycles. The first-order valence-corrected chi connectivity index (χ1v) is 6.53. The summed E-state index contributed by atoms with van der Waals surface area (Å²) in [6.45, 7) is 3.21. The van der Waals surface area contributed by atoms with Crippen molar-refractivity contribution in [1.29, 1.82) is 0 Å². The number of anilines is 1. The third-order valence-electron chi connectivity index (χ3n) is 4.10. The van der Waals surface area contributed by atoms with Gasteiger partial charge in [-0.1, -0.05) is 0 Å². The van der Waals surface area contributed by atoms with Gasteiger partial charge in [-0.3, -0.25) is 0 Å². The maximum atomic E-state index is 13.0. The number of rotatable bonds is 1. The van der Waals surface area contributed by atoms with E-state index in [4.69, 9.17) is 0 Å². The summed E-state index contributed by atoms with van der Waals surface area (Å²) in [5.41, 5.74) is -0.626. The average Bonchev–Trinajstić information content (AvgIpc) is 2.85. The molecule has 1 N–H and O–H groups in total. The molecule has 6 heteroatoms. The van der Waals surface area contributed by atoms with Crippen LogP contribution < -0.4 is 10.2 Å². The van der Waals surface area contributed by atoms with Gasteiger partial charge in [-0.2, -0.15) is 13.2 Å². The zero-order valence-corrected chi connectivity index (χ0v) is 10.5. The largest absolute Gasteiger partial charge is 0.419 e. The molecular formula is C13H16F3N3. The van der Waals surface area contributed by atoms with Crippen molar-refractivity contribution in [2.45, 2.75) is 12.6 Å². The molecule has 2 saturated heterocycles. The summed E-state index contributed by atoms with van der Waals surface area (Å²) in [5.74, 6) is 1.13. The van der Waals surface area contributed by atoms with Crippen molar-refractivity contribution in [1.82, 2.24) is 10.3 Å². The summed E-state index contributed by atoms with van der Waals surface area (Å²) in [7, 11) is 0. The summed E-state index contributed by atoms with van der Waals surface area (Å²) < 4.78 is 39.0. The molecule has 2 aliphatic rings. The number of fused-ring (bicyclic) bond motifs is 1. The molecule has 0 bridgehead atoms. The van der Waals surface area contributed by atoms with E-state index in [1.165, 1.54) is 12.3 Å². The molecule has 104 valence electrons.